The lowest BCUT2D eigenvalue weighted by molar-refractivity contribution is -0.127. The van der Waals surface area contributed by atoms with E-state index in [1.165, 1.54) is 23.5 Å². The number of rotatable bonds is 7. The highest BCUT2D eigenvalue weighted by atomic mass is 32.1. The lowest BCUT2D eigenvalue weighted by Gasteiger charge is -2.30. The van der Waals surface area contributed by atoms with Crippen LogP contribution in [-0.4, -0.2) is 46.6 Å². The summed E-state index contributed by atoms with van der Waals surface area (Å²) in [4.78, 5) is 46.3. The SMILES string of the molecule is CCN(CC)C(=O)C1=C(C)N=c2s/c(=C/c3ccc(C(=O)O)cc3)c(=O)n2[C@H]1c1c(OC)ccc2ccccc12. The van der Waals surface area contributed by atoms with E-state index in [-0.39, 0.29) is 17.0 Å². The summed E-state index contributed by atoms with van der Waals surface area (Å²) in [5, 5.41) is 11.1. The molecule has 0 spiro atoms. The molecule has 0 fully saturated rings. The van der Waals surface area contributed by atoms with Gasteiger partial charge in [-0.2, -0.15) is 0 Å². The topological polar surface area (TPSA) is 101 Å². The Morgan fingerprint density at radius 1 is 1.07 bits per heavy atom. The average molecular weight is 556 g/mol. The van der Waals surface area contributed by atoms with Crippen LogP contribution in [0.5, 0.6) is 5.75 Å². The zero-order valence-corrected chi connectivity index (χ0v) is 23.5. The molecule has 5 rings (SSSR count). The number of carboxylic acid groups (broad SMARTS) is 1. The van der Waals surface area contributed by atoms with Crippen LogP contribution in [0.1, 0.15) is 48.3 Å². The summed E-state index contributed by atoms with van der Waals surface area (Å²) >= 11 is 1.23. The number of aromatic carboxylic acids is 1. The minimum Gasteiger partial charge on any atom is -0.496 e. The fourth-order valence-corrected chi connectivity index (χ4v) is 6.20. The van der Waals surface area contributed by atoms with Gasteiger partial charge in [0.2, 0.25) is 0 Å². The van der Waals surface area contributed by atoms with Crippen LogP contribution < -0.4 is 19.6 Å². The third kappa shape index (κ3) is 4.62. The molecule has 4 aromatic rings. The van der Waals surface area contributed by atoms with Crippen LogP contribution in [0.15, 0.2) is 81.7 Å². The first-order valence-corrected chi connectivity index (χ1v) is 13.8. The Hall–Kier alpha value is -4.50. The maximum atomic E-state index is 14.1. The molecule has 9 heteroatoms. The first-order valence-electron chi connectivity index (χ1n) is 13.0. The molecule has 0 saturated carbocycles. The Morgan fingerprint density at radius 3 is 2.42 bits per heavy atom. The summed E-state index contributed by atoms with van der Waals surface area (Å²) in [6.45, 7) is 6.69. The van der Waals surface area contributed by atoms with E-state index < -0.39 is 12.0 Å². The van der Waals surface area contributed by atoms with E-state index in [0.29, 0.717) is 45.0 Å². The summed E-state index contributed by atoms with van der Waals surface area (Å²) in [6.07, 6.45) is 1.72. The van der Waals surface area contributed by atoms with Crippen LogP contribution in [-0.2, 0) is 4.79 Å². The Labute approximate surface area is 234 Å². The summed E-state index contributed by atoms with van der Waals surface area (Å²) in [7, 11) is 1.58. The van der Waals surface area contributed by atoms with Crippen molar-refractivity contribution < 1.29 is 19.4 Å². The molecule has 0 unspecified atom stereocenters. The number of amides is 1. The molecule has 1 atom stereocenters. The number of thiazole rings is 1. The highest BCUT2D eigenvalue weighted by Gasteiger charge is 2.36. The zero-order chi connectivity index (χ0) is 28.6. The molecule has 1 N–H and O–H groups in total. The quantitative estimate of drug-likeness (QED) is 0.372. The van der Waals surface area contributed by atoms with Crippen LogP contribution in [0.4, 0.5) is 0 Å². The second-order valence-electron chi connectivity index (χ2n) is 9.39. The molecule has 1 amide bonds. The third-order valence-electron chi connectivity index (χ3n) is 7.18. The summed E-state index contributed by atoms with van der Waals surface area (Å²) in [5.74, 6) is -0.623. The predicted octanol–water partition coefficient (Wildman–Crippen LogP) is 3.96. The van der Waals surface area contributed by atoms with E-state index in [0.717, 1.165) is 16.3 Å². The van der Waals surface area contributed by atoms with Gasteiger partial charge in [0.25, 0.3) is 11.5 Å². The second kappa shape index (κ2) is 10.9. The van der Waals surface area contributed by atoms with Gasteiger partial charge in [-0.25, -0.2) is 9.79 Å². The van der Waals surface area contributed by atoms with Crippen LogP contribution in [0.2, 0.25) is 0 Å². The van der Waals surface area contributed by atoms with Gasteiger partial charge in [0.05, 0.1) is 28.5 Å². The maximum Gasteiger partial charge on any atom is 0.335 e. The number of carbonyl (C=O) groups excluding carboxylic acids is 1. The van der Waals surface area contributed by atoms with Gasteiger partial charge < -0.3 is 14.7 Å². The second-order valence-corrected chi connectivity index (χ2v) is 10.4. The number of carboxylic acids is 1. The predicted molar refractivity (Wildman–Crippen MR) is 156 cm³/mol. The van der Waals surface area contributed by atoms with E-state index >= 15 is 0 Å². The molecule has 8 nitrogen and oxygen atoms in total. The fourth-order valence-electron chi connectivity index (χ4n) is 5.16. The van der Waals surface area contributed by atoms with Gasteiger partial charge in [-0.1, -0.05) is 53.8 Å². The van der Waals surface area contributed by atoms with Gasteiger partial charge in [-0.15, -0.1) is 0 Å². The van der Waals surface area contributed by atoms with Gasteiger partial charge in [0.15, 0.2) is 4.80 Å². The largest absolute Gasteiger partial charge is 0.496 e. The number of nitrogens with zero attached hydrogens (tertiary/aromatic N) is 3. The van der Waals surface area contributed by atoms with Gasteiger partial charge >= 0.3 is 5.97 Å². The van der Waals surface area contributed by atoms with Crippen LogP contribution in [0, 0.1) is 0 Å². The Bertz CT molecular complexity index is 1850. The number of carbonyl (C=O) groups is 2. The summed E-state index contributed by atoms with van der Waals surface area (Å²) < 4.78 is 7.84. The maximum absolute atomic E-state index is 14.1. The minimum absolute atomic E-state index is 0.164. The standard InChI is InChI=1S/C31H29N3O5S/c1-5-33(6-2)29(36)25-18(3)32-31-34(27(25)26-22-10-8-7-9-20(22)15-16-23(26)39-4)28(35)24(40-31)17-19-11-13-21(14-12-19)30(37)38/h7-17,27H,5-6H2,1-4H3,(H,37,38)/b24-17+/t27-/m1/s1. The van der Waals surface area contributed by atoms with E-state index in [9.17, 15) is 19.5 Å². The van der Waals surface area contributed by atoms with Crippen molar-refractivity contribution in [3.8, 4) is 5.75 Å². The number of benzene rings is 3. The lowest BCUT2D eigenvalue weighted by atomic mass is 9.90. The smallest absolute Gasteiger partial charge is 0.335 e. The van der Waals surface area contributed by atoms with Crippen molar-refractivity contribution in [1.29, 1.82) is 0 Å². The fraction of sp³-hybridized carbons (Fsp3) is 0.226. The number of ether oxygens (including phenoxy) is 1. The molecule has 3 aromatic carbocycles. The zero-order valence-electron chi connectivity index (χ0n) is 22.7. The third-order valence-corrected chi connectivity index (χ3v) is 8.17. The summed E-state index contributed by atoms with van der Waals surface area (Å²) in [6, 6.07) is 17.2. The molecular weight excluding hydrogens is 526 g/mol. The highest BCUT2D eigenvalue weighted by Crippen LogP contribution is 2.40. The number of likely N-dealkylation sites (N-methyl/N-ethyl adjacent to an activating group) is 1. The number of aromatic nitrogens is 1. The van der Waals surface area contributed by atoms with Gasteiger partial charge in [0.1, 0.15) is 11.8 Å². The number of allylic oxidation sites excluding steroid dienone is 1. The first-order chi connectivity index (χ1) is 19.3. The normalized spacial score (nSPS) is 15.1. The first kappa shape index (κ1) is 27.1. The highest BCUT2D eigenvalue weighted by molar-refractivity contribution is 7.07. The molecule has 0 aliphatic carbocycles. The molecule has 0 radical (unpaired) electrons. The number of hydrogen-bond donors (Lipinski definition) is 1. The molecule has 1 aromatic heterocycles. The van der Waals surface area contributed by atoms with E-state index in [4.69, 9.17) is 9.73 Å². The van der Waals surface area contributed by atoms with Crippen molar-refractivity contribution in [2.24, 2.45) is 4.99 Å². The van der Waals surface area contributed by atoms with Gasteiger partial charge in [-0.05, 0) is 61.4 Å². The monoisotopic (exact) mass is 555 g/mol. The van der Waals surface area contributed by atoms with Gasteiger partial charge in [0, 0.05) is 18.7 Å². The van der Waals surface area contributed by atoms with E-state index in [2.05, 4.69) is 0 Å². The minimum atomic E-state index is -1.02. The van der Waals surface area contributed by atoms with Crippen molar-refractivity contribution in [1.82, 2.24) is 9.47 Å². The molecule has 204 valence electrons. The Balaban J connectivity index is 1.81. The van der Waals surface area contributed by atoms with Crippen LogP contribution in [0.25, 0.3) is 16.8 Å². The van der Waals surface area contributed by atoms with Crippen molar-refractivity contribution in [3.63, 3.8) is 0 Å². The molecule has 1 aliphatic rings. The van der Waals surface area contributed by atoms with Gasteiger partial charge in [-0.3, -0.25) is 14.2 Å². The van der Waals surface area contributed by atoms with Crippen LogP contribution >= 0.6 is 11.3 Å². The van der Waals surface area contributed by atoms with Crippen molar-refractivity contribution in [2.75, 3.05) is 20.2 Å². The van der Waals surface area contributed by atoms with E-state index in [1.54, 1.807) is 34.8 Å². The molecule has 0 bridgehead atoms. The molecular formula is C31H29N3O5S. The van der Waals surface area contributed by atoms with Crippen molar-refractivity contribution in [2.45, 2.75) is 26.8 Å². The molecule has 0 saturated heterocycles. The molecule has 40 heavy (non-hydrogen) atoms. The Morgan fingerprint density at radius 2 is 1.77 bits per heavy atom. The van der Waals surface area contributed by atoms with Crippen molar-refractivity contribution >= 4 is 40.1 Å². The average Bonchev–Trinajstić information content (AvgIpc) is 3.26. The van der Waals surface area contributed by atoms with Crippen molar-refractivity contribution in [3.05, 3.63) is 108 Å². The number of fused-ring (bicyclic) bond motifs is 2. The van der Waals surface area contributed by atoms with Crippen LogP contribution in [0.3, 0.4) is 0 Å². The summed E-state index contributed by atoms with van der Waals surface area (Å²) in [5.41, 5.74) is 2.27. The molecule has 1 aliphatic heterocycles. The number of methoxy groups -OCH3 is 1. The Kier molecular flexibility index (Phi) is 7.40. The number of hydrogen-bond acceptors (Lipinski definition) is 6. The molecule has 2 heterocycles. The van der Waals surface area contributed by atoms with E-state index in [1.807, 2.05) is 57.2 Å². The lowest BCUT2D eigenvalue weighted by Crippen LogP contribution is -2.43.